The van der Waals surface area contributed by atoms with Gasteiger partial charge in [-0.15, -0.1) is 0 Å². The second kappa shape index (κ2) is 8.49. The Morgan fingerprint density at radius 3 is 2.09 bits per heavy atom. The first-order chi connectivity index (χ1) is 11.0. The smallest absolute Gasteiger partial charge is 0.131 e. The van der Waals surface area contributed by atoms with Gasteiger partial charge in [0, 0.05) is 10.8 Å². The third-order valence-corrected chi connectivity index (χ3v) is 4.77. The molecule has 0 unspecified atom stereocenters. The fraction of sp³-hybridized carbons (Fsp3) is 0.400. The molecule has 3 rings (SSSR count). The van der Waals surface area contributed by atoms with E-state index in [1.165, 1.54) is 44.2 Å². The molecule has 0 radical (unpaired) electrons. The van der Waals surface area contributed by atoms with Gasteiger partial charge < -0.3 is 0 Å². The van der Waals surface area contributed by atoms with Gasteiger partial charge in [0.2, 0.25) is 0 Å². The molecule has 0 aliphatic heterocycles. The zero-order valence-electron chi connectivity index (χ0n) is 13.8. The number of aryl methyl sites for hydroxylation is 2. The zero-order chi connectivity index (χ0) is 16.8. The van der Waals surface area contributed by atoms with E-state index in [9.17, 15) is 8.78 Å². The van der Waals surface area contributed by atoms with Crippen LogP contribution in [0, 0.1) is 25.5 Å². The van der Waals surface area contributed by atoms with Gasteiger partial charge in [-0.1, -0.05) is 43.5 Å². The molecule has 2 aromatic carbocycles. The first-order valence-electron chi connectivity index (χ1n) is 8.18. The van der Waals surface area contributed by atoms with Crippen molar-refractivity contribution in [2.24, 2.45) is 0 Å². The summed E-state index contributed by atoms with van der Waals surface area (Å²) in [4.78, 5) is 0. The van der Waals surface area contributed by atoms with Crippen LogP contribution < -0.4 is 0 Å². The number of thiol groups is 1. The minimum atomic E-state index is -0.316. The Balaban J connectivity index is 0.000000229. The summed E-state index contributed by atoms with van der Waals surface area (Å²) in [6, 6.07) is 9.64. The van der Waals surface area contributed by atoms with E-state index < -0.39 is 0 Å². The Labute approximate surface area is 143 Å². The molecule has 3 heteroatoms. The lowest BCUT2D eigenvalue weighted by molar-refractivity contribution is 0.518. The summed E-state index contributed by atoms with van der Waals surface area (Å²) in [5, 5.41) is 0.730. The SMILES string of the molecule is Cc1ccc(-c2c(C)cccc2F)cc1F.SC1CCCCC1. The average Bonchev–Trinajstić information content (AvgIpc) is 2.52. The Bertz CT molecular complexity index is 626. The van der Waals surface area contributed by atoms with Crippen LogP contribution in [-0.4, -0.2) is 5.25 Å². The van der Waals surface area contributed by atoms with Gasteiger partial charge in [0.25, 0.3) is 0 Å². The normalized spacial score (nSPS) is 15.0. The number of halogens is 2. The summed E-state index contributed by atoms with van der Waals surface area (Å²) in [5.41, 5.74) is 2.43. The molecule has 0 bridgehead atoms. The maximum Gasteiger partial charge on any atom is 0.131 e. The molecule has 0 saturated heterocycles. The molecule has 0 N–H and O–H groups in total. The van der Waals surface area contributed by atoms with Crippen molar-refractivity contribution in [3.05, 3.63) is 59.2 Å². The molecule has 124 valence electrons. The fourth-order valence-corrected chi connectivity index (χ4v) is 3.19. The Morgan fingerprint density at radius 1 is 0.870 bits per heavy atom. The van der Waals surface area contributed by atoms with Crippen molar-refractivity contribution >= 4 is 12.6 Å². The highest BCUT2D eigenvalue weighted by Crippen LogP contribution is 2.27. The molecule has 0 atom stereocenters. The standard InChI is InChI=1S/C14H12F2.C6H12S/c1-9-6-7-11(8-13(9)16)14-10(2)4-3-5-12(14)15;7-6-4-2-1-3-5-6/h3-8H,1-2H3;6-7H,1-5H2. The molecule has 0 aromatic heterocycles. The Hall–Kier alpha value is -1.35. The van der Waals surface area contributed by atoms with Crippen LogP contribution in [0.2, 0.25) is 0 Å². The largest absolute Gasteiger partial charge is 0.207 e. The summed E-state index contributed by atoms with van der Waals surface area (Å²) < 4.78 is 27.1. The van der Waals surface area contributed by atoms with Gasteiger partial charge in [-0.2, -0.15) is 12.6 Å². The maximum absolute atomic E-state index is 13.6. The first-order valence-corrected chi connectivity index (χ1v) is 8.70. The van der Waals surface area contributed by atoms with E-state index in [1.54, 1.807) is 25.1 Å². The fourth-order valence-electron chi connectivity index (χ4n) is 2.83. The Morgan fingerprint density at radius 2 is 1.57 bits per heavy atom. The summed E-state index contributed by atoms with van der Waals surface area (Å²) in [6.45, 7) is 3.50. The zero-order valence-corrected chi connectivity index (χ0v) is 14.7. The highest BCUT2D eigenvalue weighted by Gasteiger charge is 2.09. The monoisotopic (exact) mass is 334 g/mol. The molecule has 0 amide bonds. The van der Waals surface area contributed by atoms with E-state index in [0.29, 0.717) is 16.7 Å². The topological polar surface area (TPSA) is 0 Å². The van der Waals surface area contributed by atoms with Crippen LogP contribution in [0.25, 0.3) is 11.1 Å². The lowest BCUT2D eigenvalue weighted by Gasteiger charge is -2.14. The number of hydrogen-bond donors (Lipinski definition) is 1. The lowest BCUT2D eigenvalue weighted by atomic mass is 9.99. The summed E-state index contributed by atoms with van der Waals surface area (Å²) in [5.74, 6) is -0.622. The molecule has 1 aliphatic carbocycles. The van der Waals surface area contributed by atoms with E-state index in [-0.39, 0.29) is 11.6 Å². The molecule has 0 nitrogen and oxygen atoms in total. The van der Waals surface area contributed by atoms with Gasteiger partial charge in [0.15, 0.2) is 0 Å². The molecule has 1 aliphatic rings. The van der Waals surface area contributed by atoms with Gasteiger partial charge >= 0.3 is 0 Å². The van der Waals surface area contributed by atoms with E-state index in [2.05, 4.69) is 12.6 Å². The van der Waals surface area contributed by atoms with Crippen molar-refractivity contribution in [3.63, 3.8) is 0 Å². The van der Waals surface area contributed by atoms with Crippen molar-refractivity contribution in [2.75, 3.05) is 0 Å². The van der Waals surface area contributed by atoms with Crippen molar-refractivity contribution in [3.8, 4) is 11.1 Å². The third-order valence-electron chi connectivity index (χ3n) is 4.26. The van der Waals surface area contributed by atoms with E-state index >= 15 is 0 Å². The number of hydrogen-bond acceptors (Lipinski definition) is 1. The van der Waals surface area contributed by atoms with Crippen molar-refractivity contribution in [1.82, 2.24) is 0 Å². The minimum absolute atomic E-state index is 0.305. The summed E-state index contributed by atoms with van der Waals surface area (Å²) >= 11 is 4.36. The quantitative estimate of drug-likeness (QED) is 0.566. The highest BCUT2D eigenvalue weighted by atomic mass is 32.1. The van der Waals surface area contributed by atoms with E-state index in [1.807, 2.05) is 13.0 Å². The molecule has 1 fully saturated rings. The van der Waals surface area contributed by atoms with Gasteiger partial charge in [0.1, 0.15) is 11.6 Å². The summed E-state index contributed by atoms with van der Waals surface area (Å²) in [6.07, 6.45) is 6.96. The highest BCUT2D eigenvalue weighted by molar-refractivity contribution is 7.80. The van der Waals surface area contributed by atoms with Crippen LogP contribution in [0.3, 0.4) is 0 Å². The molecule has 0 heterocycles. The van der Waals surface area contributed by atoms with Gasteiger partial charge in [0.05, 0.1) is 0 Å². The van der Waals surface area contributed by atoms with Crippen LogP contribution in [0.1, 0.15) is 43.2 Å². The van der Waals surface area contributed by atoms with Crippen LogP contribution >= 0.6 is 12.6 Å². The predicted octanol–water partition coefficient (Wildman–Crippen LogP) is 6.50. The number of benzene rings is 2. The van der Waals surface area contributed by atoms with E-state index in [4.69, 9.17) is 0 Å². The van der Waals surface area contributed by atoms with Crippen molar-refractivity contribution < 1.29 is 8.78 Å². The minimum Gasteiger partial charge on any atom is -0.207 e. The first kappa shape index (κ1) is 18.0. The van der Waals surface area contributed by atoms with Crippen molar-refractivity contribution in [2.45, 2.75) is 51.2 Å². The number of rotatable bonds is 1. The molecule has 23 heavy (non-hydrogen) atoms. The van der Waals surface area contributed by atoms with Gasteiger partial charge in [-0.25, -0.2) is 8.78 Å². The lowest BCUT2D eigenvalue weighted by Crippen LogP contribution is -2.03. The Kier molecular flexibility index (Phi) is 6.64. The molecular weight excluding hydrogens is 310 g/mol. The summed E-state index contributed by atoms with van der Waals surface area (Å²) in [7, 11) is 0. The average molecular weight is 334 g/mol. The third kappa shape index (κ3) is 5.07. The van der Waals surface area contributed by atoms with Crippen LogP contribution in [0.4, 0.5) is 8.78 Å². The van der Waals surface area contributed by atoms with Crippen LogP contribution in [0.15, 0.2) is 36.4 Å². The molecule has 2 aromatic rings. The molecule has 0 spiro atoms. The second-order valence-electron chi connectivity index (χ2n) is 6.19. The molecule has 1 saturated carbocycles. The van der Waals surface area contributed by atoms with Gasteiger partial charge in [-0.05, 0) is 55.5 Å². The van der Waals surface area contributed by atoms with E-state index in [0.717, 1.165) is 10.8 Å². The molecular formula is C20H24F2S. The predicted molar refractivity (Wildman–Crippen MR) is 97.1 cm³/mol. The van der Waals surface area contributed by atoms with Crippen LogP contribution in [0.5, 0.6) is 0 Å². The van der Waals surface area contributed by atoms with Crippen molar-refractivity contribution in [1.29, 1.82) is 0 Å². The second-order valence-corrected chi connectivity index (χ2v) is 6.92. The van der Waals surface area contributed by atoms with Crippen LogP contribution in [-0.2, 0) is 0 Å². The maximum atomic E-state index is 13.6. The van der Waals surface area contributed by atoms with Gasteiger partial charge in [-0.3, -0.25) is 0 Å².